The molecule has 1 amide bonds. The maximum Gasteiger partial charge on any atom is 0.317 e. The van der Waals surface area contributed by atoms with Crippen LogP contribution in [0.3, 0.4) is 0 Å². The lowest BCUT2D eigenvalue weighted by molar-refractivity contribution is -0.138. The maximum atomic E-state index is 11.4. The van der Waals surface area contributed by atoms with Crippen molar-refractivity contribution in [2.24, 2.45) is 0 Å². The molecule has 1 aliphatic rings. The zero-order valence-corrected chi connectivity index (χ0v) is 9.81. The van der Waals surface area contributed by atoms with Gasteiger partial charge in [0.1, 0.15) is 0 Å². The van der Waals surface area contributed by atoms with Crippen molar-refractivity contribution in [1.82, 2.24) is 9.80 Å². The number of carboxylic acids is 1. The molecule has 1 heterocycles. The van der Waals surface area contributed by atoms with E-state index >= 15 is 0 Å². The van der Waals surface area contributed by atoms with Crippen LogP contribution in [0, 0.1) is 0 Å². The van der Waals surface area contributed by atoms with E-state index in [2.05, 4.69) is 0 Å². The number of carbonyl (C=O) groups is 2. The van der Waals surface area contributed by atoms with Crippen molar-refractivity contribution in [3.8, 4) is 0 Å². The first-order valence-electron chi connectivity index (χ1n) is 5.85. The van der Waals surface area contributed by atoms with Crippen LogP contribution in [0.1, 0.15) is 26.2 Å². The number of hydrogen-bond acceptors (Lipinski definition) is 3. The molecule has 0 bridgehead atoms. The van der Waals surface area contributed by atoms with Crippen molar-refractivity contribution in [3.05, 3.63) is 0 Å². The van der Waals surface area contributed by atoms with Gasteiger partial charge in [-0.25, -0.2) is 0 Å². The predicted octanol–water partition coefficient (Wildman–Crippen LogP) is 0.405. The molecule has 5 nitrogen and oxygen atoms in total. The van der Waals surface area contributed by atoms with Gasteiger partial charge in [0.05, 0.1) is 6.54 Å². The van der Waals surface area contributed by atoms with Crippen LogP contribution in [0.25, 0.3) is 0 Å². The van der Waals surface area contributed by atoms with E-state index in [-0.39, 0.29) is 12.5 Å². The zero-order valence-electron chi connectivity index (χ0n) is 9.81. The minimum absolute atomic E-state index is 0.0653. The second-order valence-corrected chi connectivity index (χ2v) is 4.15. The Labute approximate surface area is 96.0 Å². The highest BCUT2D eigenvalue weighted by Crippen LogP contribution is 2.09. The number of carbonyl (C=O) groups excluding carboxylic acids is 1. The van der Waals surface area contributed by atoms with Crippen LogP contribution in [0.15, 0.2) is 0 Å². The Kier molecular flexibility index (Phi) is 5.25. The summed E-state index contributed by atoms with van der Waals surface area (Å²) in [6.45, 7) is 5.00. The van der Waals surface area contributed by atoms with Crippen LogP contribution < -0.4 is 0 Å². The molecule has 0 spiro atoms. The quantitative estimate of drug-likeness (QED) is 0.685. The molecule has 1 aliphatic heterocycles. The molecule has 1 N–H and O–H groups in total. The fourth-order valence-electron chi connectivity index (χ4n) is 1.98. The number of rotatable bonds is 7. The van der Waals surface area contributed by atoms with Gasteiger partial charge in [-0.1, -0.05) is 6.92 Å². The second kappa shape index (κ2) is 6.48. The van der Waals surface area contributed by atoms with E-state index in [1.54, 1.807) is 0 Å². The molecule has 5 heteroatoms. The molecule has 0 saturated carbocycles. The summed E-state index contributed by atoms with van der Waals surface area (Å²) in [5.74, 6) is -0.604. The minimum Gasteiger partial charge on any atom is -0.480 e. The molecule has 16 heavy (non-hydrogen) atoms. The Morgan fingerprint density at radius 1 is 1.50 bits per heavy atom. The number of nitrogens with zero attached hydrogens (tertiary/aromatic N) is 2. The Balaban J connectivity index is 2.30. The molecule has 0 aromatic carbocycles. The molecular formula is C11H20N2O3. The Hall–Kier alpha value is -1.10. The maximum absolute atomic E-state index is 11.4. The Morgan fingerprint density at radius 3 is 2.75 bits per heavy atom. The second-order valence-electron chi connectivity index (χ2n) is 4.15. The van der Waals surface area contributed by atoms with E-state index in [9.17, 15) is 9.59 Å². The van der Waals surface area contributed by atoms with Gasteiger partial charge in [-0.05, 0) is 19.4 Å². The zero-order chi connectivity index (χ0) is 12.0. The summed E-state index contributed by atoms with van der Waals surface area (Å²) in [6, 6.07) is 0. The highest BCUT2D eigenvalue weighted by atomic mass is 16.4. The summed E-state index contributed by atoms with van der Waals surface area (Å²) in [6.07, 6.45) is 2.51. The molecule has 0 unspecified atom stereocenters. The average molecular weight is 228 g/mol. The van der Waals surface area contributed by atoms with Crippen LogP contribution in [-0.4, -0.2) is 59.5 Å². The van der Waals surface area contributed by atoms with Gasteiger partial charge in [0, 0.05) is 26.1 Å². The van der Waals surface area contributed by atoms with Gasteiger partial charge in [0.2, 0.25) is 5.91 Å². The Morgan fingerprint density at radius 2 is 2.25 bits per heavy atom. The van der Waals surface area contributed by atoms with Crippen LogP contribution in [0.2, 0.25) is 0 Å². The summed E-state index contributed by atoms with van der Waals surface area (Å²) in [4.78, 5) is 25.7. The number of hydrogen-bond donors (Lipinski definition) is 1. The van der Waals surface area contributed by atoms with Crippen LogP contribution in [0.5, 0.6) is 0 Å². The predicted molar refractivity (Wildman–Crippen MR) is 60.2 cm³/mol. The lowest BCUT2D eigenvalue weighted by Crippen LogP contribution is -2.38. The molecule has 1 rings (SSSR count). The summed E-state index contributed by atoms with van der Waals surface area (Å²) < 4.78 is 0. The molecule has 92 valence electrons. The minimum atomic E-state index is -0.804. The van der Waals surface area contributed by atoms with Crippen molar-refractivity contribution in [1.29, 1.82) is 0 Å². The van der Waals surface area contributed by atoms with Gasteiger partial charge in [-0.2, -0.15) is 0 Å². The van der Waals surface area contributed by atoms with Gasteiger partial charge in [0.15, 0.2) is 0 Å². The molecule has 0 atom stereocenters. The highest BCUT2D eigenvalue weighted by Gasteiger charge is 2.20. The van der Waals surface area contributed by atoms with E-state index in [0.717, 1.165) is 25.9 Å². The monoisotopic (exact) mass is 228 g/mol. The molecule has 0 aromatic rings. The molecule has 1 fully saturated rings. The van der Waals surface area contributed by atoms with E-state index in [0.29, 0.717) is 19.5 Å². The van der Waals surface area contributed by atoms with Crippen molar-refractivity contribution < 1.29 is 14.7 Å². The number of amides is 1. The molecular weight excluding hydrogens is 208 g/mol. The van der Waals surface area contributed by atoms with Gasteiger partial charge in [-0.3, -0.25) is 14.5 Å². The highest BCUT2D eigenvalue weighted by molar-refractivity contribution is 5.78. The summed E-state index contributed by atoms with van der Waals surface area (Å²) in [5.41, 5.74) is 0. The van der Waals surface area contributed by atoms with Gasteiger partial charge in [0.25, 0.3) is 0 Å². The van der Waals surface area contributed by atoms with Crippen molar-refractivity contribution in [2.45, 2.75) is 26.2 Å². The van der Waals surface area contributed by atoms with E-state index in [4.69, 9.17) is 5.11 Å². The molecule has 0 aromatic heterocycles. The first kappa shape index (κ1) is 13.0. The van der Waals surface area contributed by atoms with Crippen molar-refractivity contribution in [3.63, 3.8) is 0 Å². The fraction of sp³-hybridized carbons (Fsp3) is 0.818. The lowest BCUT2D eigenvalue weighted by atomic mass is 10.3. The third-order valence-electron chi connectivity index (χ3n) is 2.76. The summed E-state index contributed by atoms with van der Waals surface area (Å²) in [7, 11) is 0. The number of carboxylic acid groups (broad SMARTS) is 1. The van der Waals surface area contributed by atoms with E-state index in [1.165, 1.54) is 0 Å². The molecule has 1 saturated heterocycles. The Bertz CT molecular complexity index is 256. The normalized spacial score (nSPS) is 16.1. The van der Waals surface area contributed by atoms with E-state index in [1.807, 2.05) is 16.7 Å². The smallest absolute Gasteiger partial charge is 0.317 e. The first-order valence-corrected chi connectivity index (χ1v) is 5.85. The first-order chi connectivity index (χ1) is 7.63. The largest absolute Gasteiger partial charge is 0.480 e. The third-order valence-corrected chi connectivity index (χ3v) is 2.76. The van der Waals surface area contributed by atoms with Crippen LogP contribution >= 0.6 is 0 Å². The average Bonchev–Trinajstić information content (AvgIpc) is 2.60. The SMILES string of the molecule is CCCN(CCN1CCCC1=O)CC(=O)O. The molecule has 0 aliphatic carbocycles. The van der Waals surface area contributed by atoms with Crippen molar-refractivity contribution >= 4 is 11.9 Å². The van der Waals surface area contributed by atoms with Crippen LogP contribution in [-0.2, 0) is 9.59 Å². The third kappa shape index (κ3) is 4.18. The molecule has 0 radical (unpaired) electrons. The van der Waals surface area contributed by atoms with Gasteiger partial charge >= 0.3 is 5.97 Å². The topological polar surface area (TPSA) is 60.9 Å². The van der Waals surface area contributed by atoms with Crippen LogP contribution in [0.4, 0.5) is 0 Å². The van der Waals surface area contributed by atoms with Gasteiger partial charge < -0.3 is 10.0 Å². The van der Waals surface area contributed by atoms with Gasteiger partial charge in [-0.15, -0.1) is 0 Å². The fourth-order valence-corrected chi connectivity index (χ4v) is 1.98. The van der Waals surface area contributed by atoms with Crippen molar-refractivity contribution in [2.75, 3.05) is 32.7 Å². The number of likely N-dealkylation sites (tertiary alicyclic amines) is 1. The number of aliphatic carboxylic acids is 1. The summed E-state index contributed by atoms with van der Waals surface area (Å²) in [5, 5.41) is 8.73. The standard InChI is InChI=1S/C11H20N2O3/c1-2-5-12(9-11(15)16)7-8-13-6-3-4-10(13)14/h2-9H2,1H3,(H,15,16). The van der Waals surface area contributed by atoms with E-state index < -0.39 is 5.97 Å². The lowest BCUT2D eigenvalue weighted by Gasteiger charge is -2.23. The summed E-state index contributed by atoms with van der Waals surface area (Å²) >= 11 is 0.